The number of alkyl halides is 2. The number of likely N-dealkylation sites (N-methyl/N-ethyl adjacent to an activating group) is 1. The molecule has 2 aromatic carbocycles. The minimum Gasteiger partial charge on any atom is -0.481 e. The van der Waals surface area contributed by atoms with Crippen molar-refractivity contribution in [2.24, 2.45) is 11.8 Å². The molecular weight excluding hydrogens is 574 g/mol. The number of carboxylic acids is 1. The number of fused-ring (bicyclic) bond motifs is 4. The topological polar surface area (TPSA) is 81.2 Å². The van der Waals surface area contributed by atoms with Gasteiger partial charge in [-0.25, -0.2) is 8.78 Å². The van der Waals surface area contributed by atoms with Crippen LogP contribution in [0.5, 0.6) is 0 Å². The van der Waals surface area contributed by atoms with Crippen LogP contribution < -0.4 is 9.80 Å². The van der Waals surface area contributed by atoms with Crippen LogP contribution in [0.3, 0.4) is 0 Å². The first-order valence-corrected chi connectivity index (χ1v) is 12.6. The molecular formula is C24H19Cl4F2N3O4. The molecule has 5 rings (SSSR count). The predicted octanol–water partition coefficient (Wildman–Crippen LogP) is 5.18. The van der Waals surface area contributed by atoms with E-state index in [2.05, 4.69) is 0 Å². The van der Waals surface area contributed by atoms with Gasteiger partial charge in [0.05, 0.1) is 23.2 Å². The Labute approximate surface area is 230 Å². The van der Waals surface area contributed by atoms with E-state index in [0.29, 0.717) is 0 Å². The number of carbonyl (C=O) groups is 3. The van der Waals surface area contributed by atoms with E-state index in [9.17, 15) is 28.3 Å². The molecule has 2 aromatic rings. The molecule has 13 heteroatoms. The lowest BCUT2D eigenvalue weighted by atomic mass is 9.73. The van der Waals surface area contributed by atoms with Crippen LogP contribution in [0.15, 0.2) is 30.3 Å². The zero-order valence-corrected chi connectivity index (χ0v) is 22.3. The highest BCUT2D eigenvalue weighted by atomic mass is 35.5. The fraction of sp³-hybridized carbons (Fsp3) is 0.375. The van der Waals surface area contributed by atoms with Crippen molar-refractivity contribution in [3.8, 4) is 0 Å². The second-order valence-corrected chi connectivity index (χ2v) is 11.3. The van der Waals surface area contributed by atoms with E-state index in [1.807, 2.05) is 0 Å². The first-order valence-electron chi connectivity index (χ1n) is 11.1. The normalized spacial score (nSPS) is 28.1. The SMILES string of the molecule is CN(C(=O)[C@H]1[C@H]2CC(F)(F)CN2[C@]2(C(=O)N(C)c3c(Cl)cc(Cl)cc32)[C@H]1C(=O)O)c1cc(Cl)cc(Cl)c1. The van der Waals surface area contributed by atoms with Gasteiger partial charge in [-0.05, 0) is 30.3 Å². The van der Waals surface area contributed by atoms with Crippen LogP contribution in [0.2, 0.25) is 20.1 Å². The van der Waals surface area contributed by atoms with E-state index in [0.717, 1.165) is 14.7 Å². The summed E-state index contributed by atoms with van der Waals surface area (Å²) in [6.45, 7) is -0.916. The summed E-state index contributed by atoms with van der Waals surface area (Å²) in [6.07, 6.45) is -0.806. The van der Waals surface area contributed by atoms with E-state index in [4.69, 9.17) is 46.4 Å². The van der Waals surface area contributed by atoms with E-state index >= 15 is 0 Å². The summed E-state index contributed by atoms with van der Waals surface area (Å²) in [6, 6.07) is 5.81. The third-order valence-corrected chi connectivity index (χ3v) is 8.45. The zero-order valence-electron chi connectivity index (χ0n) is 19.3. The number of benzene rings is 2. The molecule has 4 atom stereocenters. The van der Waals surface area contributed by atoms with Gasteiger partial charge >= 0.3 is 5.97 Å². The average Bonchev–Trinajstić information content (AvgIpc) is 3.32. The monoisotopic (exact) mass is 591 g/mol. The maximum atomic E-state index is 14.9. The Morgan fingerprint density at radius 2 is 1.65 bits per heavy atom. The molecule has 3 aliphatic heterocycles. The van der Waals surface area contributed by atoms with Crippen molar-refractivity contribution in [3.05, 3.63) is 56.0 Å². The Morgan fingerprint density at radius 3 is 2.24 bits per heavy atom. The fourth-order valence-corrected chi connectivity index (χ4v) is 7.32. The highest BCUT2D eigenvalue weighted by molar-refractivity contribution is 6.38. The van der Waals surface area contributed by atoms with Gasteiger partial charge in [0.25, 0.3) is 11.8 Å². The van der Waals surface area contributed by atoms with Gasteiger partial charge in [0.1, 0.15) is 11.5 Å². The molecule has 1 spiro atoms. The molecule has 0 unspecified atom stereocenters. The van der Waals surface area contributed by atoms with Crippen LogP contribution in [0.4, 0.5) is 20.2 Å². The van der Waals surface area contributed by atoms with E-state index in [1.54, 1.807) is 0 Å². The molecule has 7 nitrogen and oxygen atoms in total. The van der Waals surface area contributed by atoms with Crippen molar-refractivity contribution in [1.29, 1.82) is 0 Å². The second kappa shape index (κ2) is 8.68. The van der Waals surface area contributed by atoms with Crippen molar-refractivity contribution in [3.63, 3.8) is 0 Å². The van der Waals surface area contributed by atoms with Gasteiger partial charge in [0.15, 0.2) is 0 Å². The van der Waals surface area contributed by atoms with Crippen molar-refractivity contribution in [2.45, 2.75) is 23.9 Å². The van der Waals surface area contributed by atoms with Crippen molar-refractivity contribution >= 4 is 75.6 Å². The minimum atomic E-state index is -3.28. The molecule has 0 aliphatic carbocycles. The van der Waals surface area contributed by atoms with Crippen LogP contribution in [0.25, 0.3) is 0 Å². The van der Waals surface area contributed by atoms with Gasteiger partial charge in [-0.3, -0.25) is 19.3 Å². The summed E-state index contributed by atoms with van der Waals surface area (Å²) in [5.74, 6) is -9.54. The smallest absolute Gasteiger partial charge is 0.310 e. The lowest BCUT2D eigenvalue weighted by Gasteiger charge is -2.36. The molecule has 1 N–H and O–H groups in total. The van der Waals surface area contributed by atoms with Crippen LogP contribution in [-0.2, 0) is 19.9 Å². The predicted molar refractivity (Wildman–Crippen MR) is 136 cm³/mol. The van der Waals surface area contributed by atoms with Crippen LogP contribution in [0, 0.1) is 11.8 Å². The number of carboxylic acid groups (broad SMARTS) is 1. The van der Waals surface area contributed by atoms with E-state index in [1.165, 1.54) is 44.4 Å². The van der Waals surface area contributed by atoms with Gasteiger partial charge < -0.3 is 14.9 Å². The summed E-state index contributed by atoms with van der Waals surface area (Å²) in [5.41, 5.74) is -1.64. The summed E-state index contributed by atoms with van der Waals surface area (Å²) in [4.78, 5) is 44.2. The molecule has 0 saturated carbocycles. The Bertz CT molecular complexity index is 1360. The number of aliphatic carboxylic acids is 1. The number of nitrogens with zero attached hydrogens (tertiary/aromatic N) is 3. The molecule has 2 saturated heterocycles. The Morgan fingerprint density at radius 1 is 1.05 bits per heavy atom. The van der Waals surface area contributed by atoms with Crippen LogP contribution in [-0.4, -0.2) is 60.4 Å². The van der Waals surface area contributed by atoms with Gasteiger partial charge in [-0.1, -0.05) is 46.4 Å². The number of carbonyl (C=O) groups excluding carboxylic acids is 2. The van der Waals surface area contributed by atoms with Gasteiger partial charge in [-0.2, -0.15) is 0 Å². The maximum absolute atomic E-state index is 14.9. The Balaban J connectivity index is 1.74. The molecule has 2 amide bonds. The molecule has 2 fully saturated rings. The minimum absolute atomic E-state index is 0.0577. The maximum Gasteiger partial charge on any atom is 0.310 e. The number of hydrogen-bond acceptors (Lipinski definition) is 4. The number of rotatable bonds is 3. The summed E-state index contributed by atoms with van der Waals surface area (Å²) < 4.78 is 29.9. The quantitative estimate of drug-likeness (QED) is 0.531. The van der Waals surface area contributed by atoms with Crippen LogP contribution in [0.1, 0.15) is 12.0 Å². The largest absolute Gasteiger partial charge is 0.481 e. The summed E-state index contributed by atoms with van der Waals surface area (Å²) in [5, 5.41) is 11.1. The average molecular weight is 593 g/mol. The third-order valence-electron chi connectivity index (χ3n) is 7.51. The molecule has 3 heterocycles. The molecule has 0 bridgehead atoms. The Kier molecular flexibility index (Phi) is 6.20. The van der Waals surface area contributed by atoms with Crippen LogP contribution >= 0.6 is 46.4 Å². The first-order chi connectivity index (χ1) is 17.2. The van der Waals surface area contributed by atoms with Crippen molar-refractivity contribution < 1.29 is 28.3 Å². The number of halogens is 6. The van der Waals surface area contributed by atoms with E-state index in [-0.39, 0.29) is 37.0 Å². The van der Waals surface area contributed by atoms with Crippen molar-refractivity contribution in [2.75, 3.05) is 30.4 Å². The molecule has 3 aliphatic rings. The van der Waals surface area contributed by atoms with Crippen molar-refractivity contribution in [1.82, 2.24) is 4.90 Å². The second-order valence-electron chi connectivity index (χ2n) is 9.54. The molecule has 196 valence electrons. The third kappa shape index (κ3) is 3.73. The number of anilines is 2. The number of hydrogen-bond donors (Lipinski definition) is 1. The lowest BCUT2D eigenvalue weighted by molar-refractivity contribution is -0.154. The molecule has 0 aromatic heterocycles. The first kappa shape index (κ1) is 26.4. The van der Waals surface area contributed by atoms with Gasteiger partial charge in [-0.15, -0.1) is 0 Å². The fourth-order valence-electron chi connectivity index (χ4n) is 6.19. The van der Waals surface area contributed by atoms with Gasteiger partial charge in [0.2, 0.25) is 5.91 Å². The highest BCUT2D eigenvalue weighted by Crippen LogP contribution is 2.62. The Hall–Kier alpha value is -2.17. The lowest BCUT2D eigenvalue weighted by Crippen LogP contribution is -2.55. The van der Waals surface area contributed by atoms with E-state index < -0.39 is 60.1 Å². The molecule has 0 radical (unpaired) electrons. The standard InChI is InChI=1S/C24H19Cl4F2N3O4/c1-31(13-4-10(25)3-11(26)5-13)20(34)17-16-8-23(29,30)9-33(16)24(18(17)21(35)36)14-6-12(27)7-15(28)19(14)32(2)22(24)37/h3-7,16-18H,8-9H2,1-2H3,(H,35,36)/t16-,17+,18-,24+/m1/s1. The highest BCUT2D eigenvalue weighted by Gasteiger charge is 2.75. The zero-order chi connectivity index (χ0) is 27.2. The van der Waals surface area contributed by atoms with Gasteiger partial charge in [0, 0.05) is 52.9 Å². The summed E-state index contributed by atoms with van der Waals surface area (Å²) >= 11 is 24.8. The molecule has 37 heavy (non-hydrogen) atoms. The summed E-state index contributed by atoms with van der Waals surface area (Å²) in [7, 11) is 2.75. The number of amides is 2.